The first-order valence-electron chi connectivity index (χ1n) is 13.8. The van der Waals surface area contributed by atoms with Gasteiger partial charge in [0.1, 0.15) is 28.0 Å². The van der Waals surface area contributed by atoms with E-state index in [9.17, 15) is 14.4 Å². The van der Waals surface area contributed by atoms with E-state index in [-0.39, 0.29) is 11.6 Å². The van der Waals surface area contributed by atoms with Crippen LogP contribution in [0.4, 0.5) is 10.8 Å². The van der Waals surface area contributed by atoms with E-state index in [1.54, 1.807) is 61.7 Å². The summed E-state index contributed by atoms with van der Waals surface area (Å²) >= 11 is 2.84. The summed E-state index contributed by atoms with van der Waals surface area (Å²) in [6, 6.07) is 26.8. The predicted octanol–water partition coefficient (Wildman–Crippen LogP) is 6.65. The quantitative estimate of drug-likeness (QED) is 0.102. The topological polar surface area (TPSA) is 135 Å². The molecular weight excluding hydrogens is 611 g/mol. The molecule has 0 fully saturated rings. The normalized spacial score (nSPS) is 11.1. The summed E-state index contributed by atoms with van der Waals surface area (Å²) in [7, 11) is 1.58. The van der Waals surface area contributed by atoms with E-state index >= 15 is 0 Å². The van der Waals surface area contributed by atoms with Crippen molar-refractivity contribution in [2.75, 3.05) is 23.5 Å². The zero-order valence-electron chi connectivity index (χ0n) is 24.4. The predicted molar refractivity (Wildman–Crippen MR) is 176 cm³/mol. The van der Waals surface area contributed by atoms with Crippen LogP contribution in [-0.2, 0) is 9.59 Å². The Kier molecular flexibility index (Phi) is 10.4. The van der Waals surface area contributed by atoms with Gasteiger partial charge in [-0.1, -0.05) is 41.7 Å². The van der Waals surface area contributed by atoms with Gasteiger partial charge in [0.05, 0.1) is 12.7 Å². The molecule has 12 heteroatoms. The van der Waals surface area contributed by atoms with E-state index in [0.29, 0.717) is 45.8 Å². The number of thioether (sulfide) groups is 1. The number of hydrogen-bond donors (Lipinski definition) is 3. The number of aryl methyl sites for hydroxylation is 1. The van der Waals surface area contributed by atoms with Gasteiger partial charge in [0.2, 0.25) is 11.0 Å². The molecule has 0 atom stereocenters. The molecule has 2 heterocycles. The number of nitrogens with zero attached hydrogens (tertiary/aromatic N) is 2. The molecule has 0 spiro atoms. The van der Waals surface area contributed by atoms with Crippen LogP contribution < -0.4 is 20.7 Å². The SMILES string of the molecule is COc1ccccc1-c1ccc(/C=C(/NC(=O)c2ccccc2)C(=O)Nc2ccc(SCCC(=O)Nc3nnc(C)s3)cc2)o1. The number of methoxy groups -OCH3 is 1. The van der Waals surface area contributed by atoms with Crippen molar-refractivity contribution in [3.63, 3.8) is 0 Å². The first kappa shape index (κ1) is 31.2. The minimum Gasteiger partial charge on any atom is -0.496 e. The Labute approximate surface area is 267 Å². The highest BCUT2D eigenvalue weighted by molar-refractivity contribution is 7.99. The number of rotatable bonds is 12. The molecule has 5 rings (SSSR count). The molecule has 228 valence electrons. The van der Waals surface area contributed by atoms with Gasteiger partial charge in [0, 0.05) is 34.4 Å². The maximum absolute atomic E-state index is 13.4. The summed E-state index contributed by atoms with van der Waals surface area (Å²) < 4.78 is 11.4. The molecule has 0 unspecified atom stereocenters. The smallest absolute Gasteiger partial charge is 0.272 e. The van der Waals surface area contributed by atoms with Crippen molar-refractivity contribution >= 4 is 57.7 Å². The minimum atomic E-state index is -0.529. The molecule has 0 bridgehead atoms. The summed E-state index contributed by atoms with van der Waals surface area (Å²) in [5, 5.41) is 17.4. The molecule has 0 radical (unpaired) electrons. The Bertz CT molecular complexity index is 1820. The van der Waals surface area contributed by atoms with E-state index in [1.165, 1.54) is 29.2 Å². The summed E-state index contributed by atoms with van der Waals surface area (Å²) in [5.74, 6) is 1.02. The molecule has 5 aromatic rings. The highest BCUT2D eigenvalue weighted by Gasteiger charge is 2.17. The molecule has 45 heavy (non-hydrogen) atoms. The lowest BCUT2D eigenvalue weighted by Gasteiger charge is -2.11. The Morgan fingerprint density at radius 2 is 1.67 bits per heavy atom. The second-order valence-corrected chi connectivity index (χ2v) is 11.9. The van der Waals surface area contributed by atoms with Gasteiger partial charge in [-0.25, -0.2) is 0 Å². The fourth-order valence-corrected chi connectivity index (χ4v) is 5.59. The summed E-state index contributed by atoms with van der Waals surface area (Å²) in [6.07, 6.45) is 1.79. The summed E-state index contributed by atoms with van der Waals surface area (Å²) in [6.45, 7) is 1.83. The maximum Gasteiger partial charge on any atom is 0.272 e. The van der Waals surface area contributed by atoms with Crippen molar-refractivity contribution in [2.45, 2.75) is 18.2 Å². The van der Waals surface area contributed by atoms with Crippen molar-refractivity contribution in [3.05, 3.63) is 113 Å². The maximum atomic E-state index is 13.4. The van der Waals surface area contributed by atoms with Gasteiger partial charge >= 0.3 is 0 Å². The Balaban J connectivity index is 1.25. The van der Waals surface area contributed by atoms with Crippen LogP contribution in [0.15, 0.2) is 106 Å². The summed E-state index contributed by atoms with van der Waals surface area (Å²) in [5.41, 5.74) is 1.69. The molecule has 10 nitrogen and oxygen atoms in total. The number of hydrogen-bond acceptors (Lipinski definition) is 9. The van der Waals surface area contributed by atoms with Crippen LogP contribution in [0, 0.1) is 6.92 Å². The van der Waals surface area contributed by atoms with E-state index in [0.717, 1.165) is 15.5 Å². The third kappa shape index (κ3) is 8.68. The Morgan fingerprint density at radius 1 is 0.911 bits per heavy atom. The van der Waals surface area contributed by atoms with E-state index < -0.39 is 11.8 Å². The zero-order valence-corrected chi connectivity index (χ0v) is 26.0. The first-order valence-corrected chi connectivity index (χ1v) is 15.6. The molecule has 0 aliphatic carbocycles. The minimum absolute atomic E-state index is 0.000122. The zero-order chi connectivity index (χ0) is 31.6. The molecule has 3 amide bonds. The van der Waals surface area contributed by atoms with Crippen molar-refractivity contribution in [1.82, 2.24) is 15.5 Å². The lowest BCUT2D eigenvalue weighted by molar-refractivity contribution is -0.116. The van der Waals surface area contributed by atoms with Gasteiger partial charge in [0.15, 0.2) is 0 Å². The molecule has 0 saturated heterocycles. The second kappa shape index (κ2) is 15.0. The van der Waals surface area contributed by atoms with Gasteiger partial charge in [-0.05, 0) is 67.6 Å². The highest BCUT2D eigenvalue weighted by Crippen LogP contribution is 2.31. The average Bonchev–Trinajstić information content (AvgIpc) is 3.70. The van der Waals surface area contributed by atoms with Crippen LogP contribution in [-0.4, -0.2) is 40.8 Å². The van der Waals surface area contributed by atoms with Gasteiger partial charge < -0.3 is 25.1 Å². The monoisotopic (exact) mass is 639 g/mol. The van der Waals surface area contributed by atoms with Crippen LogP contribution in [0.5, 0.6) is 5.75 Å². The van der Waals surface area contributed by atoms with Gasteiger partial charge in [-0.15, -0.1) is 22.0 Å². The standard InChI is InChI=1S/C33H29N5O5S2/c1-21-37-38-33(45-21)36-30(39)18-19-44-25-15-12-23(13-16-25)34-32(41)27(35-31(40)22-8-4-3-5-9-22)20-24-14-17-29(43-24)26-10-6-7-11-28(26)42-2/h3-17,20H,18-19H2,1-2H3,(H,34,41)(H,35,40)(H,36,38,39)/b27-20+. The second-order valence-electron chi connectivity index (χ2n) is 9.53. The average molecular weight is 640 g/mol. The Hall–Kier alpha value is -5.20. The number of furan rings is 1. The first-order chi connectivity index (χ1) is 21.9. The molecule has 3 N–H and O–H groups in total. The third-order valence-corrected chi connectivity index (χ3v) is 8.06. The fraction of sp³-hybridized carbons (Fsp3) is 0.121. The third-order valence-electron chi connectivity index (χ3n) is 6.30. The number of ether oxygens (including phenoxy) is 1. The van der Waals surface area contributed by atoms with Gasteiger partial charge in [-0.2, -0.15) is 0 Å². The lowest BCUT2D eigenvalue weighted by Crippen LogP contribution is -2.30. The van der Waals surface area contributed by atoms with Crippen molar-refractivity contribution in [2.24, 2.45) is 0 Å². The molecular formula is C33H29N5O5S2. The van der Waals surface area contributed by atoms with Crippen LogP contribution >= 0.6 is 23.1 Å². The number of aromatic nitrogens is 2. The molecule has 0 aliphatic rings. The number of para-hydroxylation sites is 1. The molecule has 3 aromatic carbocycles. The van der Waals surface area contributed by atoms with Crippen LogP contribution in [0.1, 0.15) is 27.5 Å². The van der Waals surface area contributed by atoms with E-state index in [2.05, 4.69) is 26.1 Å². The number of amides is 3. The Morgan fingerprint density at radius 3 is 2.40 bits per heavy atom. The largest absolute Gasteiger partial charge is 0.496 e. The van der Waals surface area contributed by atoms with E-state index in [1.807, 2.05) is 43.3 Å². The van der Waals surface area contributed by atoms with Crippen molar-refractivity contribution in [1.29, 1.82) is 0 Å². The van der Waals surface area contributed by atoms with Gasteiger partial charge in [0.25, 0.3) is 11.8 Å². The lowest BCUT2D eigenvalue weighted by atomic mass is 10.1. The number of carbonyl (C=O) groups excluding carboxylic acids is 3. The summed E-state index contributed by atoms with van der Waals surface area (Å²) in [4.78, 5) is 39.5. The number of carbonyl (C=O) groups is 3. The van der Waals surface area contributed by atoms with Crippen molar-refractivity contribution < 1.29 is 23.5 Å². The van der Waals surface area contributed by atoms with E-state index in [4.69, 9.17) is 9.15 Å². The van der Waals surface area contributed by atoms with Crippen LogP contribution in [0.3, 0.4) is 0 Å². The van der Waals surface area contributed by atoms with Crippen LogP contribution in [0.25, 0.3) is 17.4 Å². The molecule has 2 aromatic heterocycles. The number of nitrogens with one attached hydrogen (secondary N) is 3. The molecule has 0 aliphatic heterocycles. The highest BCUT2D eigenvalue weighted by atomic mass is 32.2. The molecule has 0 saturated carbocycles. The van der Waals surface area contributed by atoms with Gasteiger partial charge in [-0.3, -0.25) is 14.4 Å². The van der Waals surface area contributed by atoms with Crippen LogP contribution in [0.2, 0.25) is 0 Å². The fourth-order valence-electron chi connectivity index (χ4n) is 4.13. The number of benzene rings is 3. The number of anilines is 2. The van der Waals surface area contributed by atoms with Crippen molar-refractivity contribution in [3.8, 4) is 17.1 Å².